The van der Waals surface area contributed by atoms with E-state index in [4.69, 9.17) is 14.9 Å². The van der Waals surface area contributed by atoms with Gasteiger partial charge in [0.25, 0.3) is 5.91 Å². The van der Waals surface area contributed by atoms with E-state index in [-0.39, 0.29) is 28.7 Å². The zero-order valence-corrected chi connectivity index (χ0v) is 24.7. The van der Waals surface area contributed by atoms with Crippen LogP contribution in [-0.2, 0) is 11.3 Å². The lowest BCUT2D eigenvalue weighted by atomic mass is 9.91. The predicted octanol–water partition coefficient (Wildman–Crippen LogP) is 4.08. The van der Waals surface area contributed by atoms with Gasteiger partial charge in [0.15, 0.2) is 17.3 Å². The van der Waals surface area contributed by atoms with Gasteiger partial charge in [0.1, 0.15) is 29.3 Å². The normalized spacial score (nSPS) is 13.3. The number of hydrogen-bond donors (Lipinski definition) is 4. The predicted molar refractivity (Wildman–Crippen MR) is 166 cm³/mol. The molecule has 0 bridgehead atoms. The molecule has 1 fully saturated rings. The zero-order valence-electron chi connectivity index (χ0n) is 24.7. The van der Waals surface area contributed by atoms with Gasteiger partial charge in [-0.1, -0.05) is 12.1 Å². The molecule has 0 radical (unpaired) electrons. The number of nitrogens with one attached hydrogen (secondary N) is 2. The summed E-state index contributed by atoms with van der Waals surface area (Å²) >= 11 is 0. The van der Waals surface area contributed by atoms with Crippen molar-refractivity contribution >= 4 is 17.8 Å². The molecule has 4 aromatic rings. The Hall–Kier alpha value is -5.89. The summed E-state index contributed by atoms with van der Waals surface area (Å²) < 4.78 is 20.1. The van der Waals surface area contributed by atoms with Crippen LogP contribution in [0.1, 0.15) is 35.4 Å². The standard InChI is InChI=1S/C33H29FN8O4/c1-46-29-13-21(4-5-28(29)43)26-19-40-33(25(15-36)32(26)22-2-3-23(14-35)27(34)12-22)42-10-8-24(9-11-42)37-16-20-17-38-30(39-18-20)6-7-31(44)41-45/h2-7,12-13,17-19,24,37,43,45H,8-11,16H2,1H3,(H,41,44)/b7-6+. The first-order valence-corrected chi connectivity index (χ1v) is 14.3. The minimum atomic E-state index is -0.700. The molecule has 4 N–H and O–H groups in total. The number of halogens is 1. The number of aromatic nitrogens is 3. The molecule has 2 aromatic heterocycles. The Kier molecular flexibility index (Phi) is 9.78. The van der Waals surface area contributed by atoms with Gasteiger partial charge in [0, 0.05) is 67.0 Å². The molecule has 13 heteroatoms. The van der Waals surface area contributed by atoms with E-state index in [0.717, 1.165) is 24.5 Å². The van der Waals surface area contributed by atoms with Crippen molar-refractivity contribution in [1.29, 1.82) is 10.5 Å². The van der Waals surface area contributed by atoms with E-state index < -0.39 is 11.7 Å². The van der Waals surface area contributed by atoms with E-state index in [2.05, 4.69) is 21.4 Å². The highest BCUT2D eigenvalue weighted by Gasteiger charge is 2.26. The first kappa shape index (κ1) is 31.5. The van der Waals surface area contributed by atoms with Crippen LogP contribution >= 0.6 is 0 Å². The number of methoxy groups -OCH3 is 1. The van der Waals surface area contributed by atoms with Gasteiger partial charge < -0.3 is 20.1 Å². The third kappa shape index (κ3) is 6.92. The topological polar surface area (TPSA) is 180 Å². The van der Waals surface area contributed by atoms with Crippen molar-refractivity contribution in [3.63, 3.8) is 0 Å². The fraction of sp³-hybridized carbons (Fsp3) is 0.212. The molecule has 0 atom stereocenters. The van der Waals surface area contributed by atoms with Crippen molar-refractivity contribution < 1.29 is 24.2 Å². The van der Waals surface area contributed by atoms with Crippen LogP contribution in [0.3, 0.4) is 0 Å². The number of aromatic hydroxyl groups is 1. The monoisotopic (exact) mass is 620 g/mol. The lowest BCUT2D eigenvalue weighted by Crippen LogP contribution is -2.43. The molecular formula is C33H29FN8O4. The molecule has 0 saturated carbocycles. The van der Waals surface area contributed by atoms with E-state index in [9.17, 15) is 24.8 Å². The summed E-state index contributed by atoms with van der Waals surface area (Å²) in [4.78, 5) is 26.3. The van der Waals surface area contributed by atoms with E-state index >= 15 is 0 Å². The van der Waals surface area contributed by atoms with Crippen LogP contribution in [0.5, 0.6) is 11.5 Å². The molecule has 0 unspecified atom stereocenters. The lowest BCUT2D eigenvalue weighted by Gasteiger charge is -2.34. The van der Waals surface area contributed by atoms with E-state index in [1.54, 1.807) is 36.8 Å². The third-order valence-corrected chi connectivity index (χ3v) is 7.65. The van der Waals surface area contributed by atoms with Gasteiger partial charge in [-0.25, -0.2) is 24.8 Å². The lowest BCUT2D eigenvalue weighted by molar-refractivity contribution is -0.124. The highest BCUT2D eigenvalue weighted by atomic mass is 19.1. The van der Waals surface area contributed by atoms with Crippen LogP contribution < -0.4 is 20.4 Å². The molecule has 1 saturated heterocycles. The molecule has 5 rings (SSSR count). The molecular weight excluding hydrogens is 591 g/mol. The maximum absolute atomic E-state index is 14.8. The molecule has 2 aromatic carbocycles. The molecule has 0 spiro atoms. The van der Waals surface area contributed by atoms with Gasteiger partial charge in [0.2, 0.25) is 0 Å². The van der Waals surface area contributed by atoms with Crippen molar-refractivity contribution in [2.45, 2.75) is 25.4 Å². The maximum Gasteiger partial charge on any atom is 0.267 e. The molecule has 1 aliphatic rings. The van der Waals surface area contributed by atoms with Crippen LogP contribution in [0.2, 0.25) is 0 Å². The SMILES string of the molecule is COc1cc(-c2cnc(N3CCC(NCc4cnc(/C=C/C(=O)NO)nc4)CC3)c(C#N)c2-c2ccc(C#N)c(F)c2)ccc1O. The summed E-state index contributed by atoms with van der Waals surface area (Å²) in [5.41, 5.74) is 4.55. The minimum Gasteiger partial charge on any atom is -0.504 e. The van der Waals surface area contributed by atoms with Gasteiger partial charge in [-0.15, -0.1) is 0 Å². The molecule has 0 aliphatic carbocycles. The number of carbonyl (C=O) groups is 1. The largest absolute Gasteiger partial charge is 0.504 e. The van der Waals surface area contributed by atoms with Crippen LogP contribution in [0, 0.1) is 28.5 Å². The van der Waals surface area contributed by atoms with Crippen molar-refractivity contribution in [3.05, 3.63) is 89.4 Å². The Morgan fingerprint density at radius 1 is 1.09 bits per heavy atom. The molecule has 3 heterocycles. The summed E-state index contributed by atoms with van der Waals surface area (Å²) in [5, 5.41) is 41.9. The number of piperidine rings is 1. The Morgan fingerprint density at radius 2 is 1.83 bits per heavy atom. The number of nitrogens with zero attached hydrogens (tertiary/aromatic N) is 6. The van der Waals surface area contributed by atoms with E-state index in [1.165, 1.54) is 36.9 Å². The number of rotatable bonds is 9. The first-order chi connectivity index (χ1) is 22.3. The summed E-state index contributed by atoms with van der Waals surface area (Å²) in [7, 11) is 1.43. The number of phenolic OH excluding ortho intramolecular Hbond substituents is 1. The number of hydrogen-bond acceptors (Lipinski definition) is 11. The quantitative estimate of drug-likeness (QED) is 0.120. The van der Waals surface area contributed by atoms with Gasteiger partial charge >= 0.3 is 0 Å². The number of pyridine rings is 1. The van der Waals surface area contributed by atoms with Gasteiger partial charge in [-0.3, -0.25) is 10.0 Å². The molecule has 1 aliphatic heterocycles. The van der Waals surface area contributed by atoms with Crippen LogP contribution in [0.25, 0.3) is 28.3 Å². The van der Waals surface area contributed by atoms with Crippen LogP contribution in [0.15, 0.2) is 61.1 Å². The van der Waals surface area contributed by atoms with Gasteiger partial charge in [-0.05, 0) is 54.3 Å². The zero-order chi connectivity index (χ0) is 32.6. The smallest absolute Gasteiger partial charge is 0.267 e. The highest BCUT2D eigenvalue weighted by molar-refractivity contribution is 5.91. The fourth-order valence-corrected chi connectivity index (χ4v) is 5.26. The number of benzene rings is 2. The number of amides is 1. The Bertz CT molecular complexity index is 1860. The van der Waals surface area contributed by atoms with E-state index in [1.807, 2.05) is 11.0 Å². The van der Waals surface area contributed by atoms with Crippen molar-refractivity contribution in [1.82, 2.24) is 25.7 Å². The van der Waals surface area contributed by atoms with Gasteiger partial charge in [-0.2, -0.15) is 10.5 Å². The van der Waals surface area contributed by atoms with E-state index in [0.29, 0.717) is 53.5 Å². The molecule has 12 nitrogen and oxygen atoms in total. The average Bonchev–Trinajstić information content (AvgIpc) is 3.09. The summed E-state index contributed by atoms with van der Waals surface area (Å²) in [6.45, 7) is 1.76. The van der Waals surface area contributed by atoms with Crippen molar-refractivity contribution in [3.8, 4) is 45.9 Å². The van der Waals surface area contributed by atoms with Crippen molar-refractivity contribution in [2.24, 2.45) is 0 Å². The van der Waals surface area contributed by atoms with Crippen LogP contribution in [0.4, 0.5) is 10.2 Å². The summed E-state index contributed by atoms with van der Waals surface area (Å²) in [6, 6.07) is 13.3. The first-order valence-electron chi connectivity index (χ1n) is 14.3. The summed E-state index contributed by atoms with van der Waals surface area (Å²) in [5.74, 6) is -0.384. The number of ether oxygens (including phenoxy) is 1. The molecule has 1 amide bonds. The number of phenols is 1. The number of nitriles is 2. The third-order valence-electron chi connectivity index (χ3n) is 7.65. The minimum absolute atomic E-state index is 0.0508. The summed E-state index contributed by atoms with van der Waals surface area (Å²) in [6.07, 6.45) is 9.00. The Morgan fingerprint density at radius 3 is 2.48 bits per heavy atom. The number of carbonyl (C=O) groups excluding carboxylic acids is 1. The number of hydroxylamine groups is 1. The second kappa shape index (κ2) is 14.3. The maximum atomic E-state index is 14.8. The second-order valence-corrected chi connectivity index (χ2v) is 10.5. The average molecular weight is 621 g/mol. The Balaban J connectivity index is 1.37. The highest BCUT2D eigenvalue weighted by Crippen LogP contribution is 2.41. The second-order valence-electron chi connectivity index (χ2n) is 10.5. The van der Waals surface area contributed by atoms with Crippen LogP contribution in [-0.4, -0.2) is 57.4 Å². The van der Waals surface area contributed by atoms with Gasteiger partial charge in [0.05, 0.1) is 12.7 Å². The molecule has 232 valence electrons. The fourth-order valence-electron chi connectivity index (χ4n) is 5.26. The number of anilines is 1. The molecule has 46 heavy (non-hydrogen) atoms. The van der Waals surface area contributed by atoms with Crippen molar-refractivity contribution in [2.75, 3.05) is 25.1 Å². The Labute approximate surface area is 264 Å².